The highest BCUT2D eigenvalue weighted by atomic mass is 32.1. The molecule has 108 valence electrons. The third-order valence-electron chi connectivity index (χ3n) is 3.98. The molecule has 1 aromatic heterocycles. The van der Waals surface area contributed by atoms with Gasteiger partial charge < -0.3 is 9.55 Å². The number of nitro groups is 1. The Morgan fingerprint density at radius 3 is 2.95 bits per heavy atom. The quantitative estimate of drug-likeness (QED) is 0.530. The van der Waals surface area contributed by atoms with Crippen LogP contribution < -0.4 is 0 Å². The number of non-ortho nitro benzene ring substituents is 1. The minimum Gasteiger partial charge on any atom is -0.337 e. The number of allylic oxidation sites excluding steroid dienone is 2. The van der Waals surface area contributed by atoms with Crippen LogP contribution in [-0.2, 0) is 7.05 Å². The van der Waals surface area contributed by atoms with E-state index in [-0.39, 0.29) is 16.5 Å². The summed E-state index contributed by atoms with van der Waals surface area (Å²) in [4.78, 5) is 13.6. The molecule has 3 rings (SSSR count). The molecule has 1 aromatic carbocycles. The van der Waals surface area contributed by atoms with Gasteiger partial charge in [0.2, 0.25) is 0 Å². The van der Waals surface area contributed by atoms with Crippen molar-refractivity contribution in [2.75, 3.05) is 0 Å². The number of nitrogens with one attached hydrogen (secondary N) is 1. The van der Waals surface area contributed by atoms with Gasteiger partial charge in [0.15, 0.2) is 4.77 Å². The SMILES string of the molecule is Cn1c(C2CCC=C2c2cccc([N+](=O)[O-])c2)c[nH]c1=S. The lowest BCUT2D eigenvalue weighted by molar-refractivity contribution is -0.384. The summed E-state index contributed by atoms with van der Waals surface area (Å²) in [5.41, 5.74) is 3.30. The fourth-order valence-corrected chi connectivity index (χ4v) is 3.07. The number of H-pyrrole nitrogens is 1. The van der Waals surface area contributed by atoms with Crippen molar-refractivity contribution in [1.82, 2.24) is 9.55 Å². The topological polar surface area (TPSA) is 63.9 Å². The van der Waals surface area contributed by atoms with Gasteiger partial charge in [0, 0.05) is 37.0 Å². The number of hydrogen-bond acceptors (Lipinski definition) is 3. The number of nitrogens with zero attached hydrogens (tertiary/aromatic N) is 2. The predicted octanol–water partition coefficient (Wildman–Crippen LogP) is 3.95. The predicted molar refractivity (Wildman–Crippen MR) is 83.6 cm³/mol. The van der Waals surface area contributed by atoms with Crippen LogP contribution in [0.15, 0.2) is 36.5 Å². The molecule has 2 aromatic rings. The highest BCUT2D eigenvalue weighted by Crippen LogP contribution is 2.41. The summed E-state index contributed by atoms with van der Waals surface area (Å²) in [5, 5.41) is 10.9. The van der Waals surface area contributed by atoms with E-state index in [0.717, 1.165) is 29.7 Å². The highest BCUT2D eigenvalue weighted by Gasteiger charge is 2.25. The Labute approximate surface area is 127 Å². The summed E-state index contributed by atoms with van der Waals surface area (Å²) >= 11 is 5.22. The lowest BCUT2D eigenvalue weighted by atomic mass is 9.92. The minimum absolute atomic E-state index is 0.126. The number of imidazole rings is 1. The van der Waals surface area contributed by atoms with Crippen LogP contribution >= 0.6 is 12.2 Å². The lowest BCUT2D eigenvalue weighted by Gasteiger charge is -2.16. The van der Waals surface area contributed by atoms with Gasteiger partial charge in [-0.3, -0.25) is 10.1 Å². The minimum atomic E-state index is -0.355. The zero-order valence-corrected chi connectivity index (χ0v) is 12.4. The number of aromatic amines is 1. The first kappa shape index (κ1) is 13.8. The van der Waals surface area contributed by atoms with Gasteiger partial charge in [0.25, 0.3) is 5.69 Å². The van der Waals surface area contributed by atoms with Crippen molar-refractivity contribution in [3.8, 4) is 0 Å². The molecule has 0 aliphatic heterocycles. The molecule has 0 amide bonds. The summed E-state index contributed by atoms with van der Waals surface area (Å²) in [7, 11) is 1.94. The van der Waals surface area contributed by atoms with E-state index < -0.39 is 0 Å². The van der Waals surface area contributed by atoms with E-state index in [2.05, 4.69) is 11.1 Å². The molecule has 1 unspecified atom stereocenters. The molecule has 0 saturated carbocycles. The van der Waals surface area contributed by atoms with Crippen molar-refractivity contribution in [3.05, 3.63) is 62.7 Å². The molecule has 0 spiro atoms. The first-order valence-electron chi connectivity index (χ1n) is 6.77. The second kappa shape index (κ2) is 5.29. The van der Waals surface area contributed by atoms with Crippen LogP contribution in [0.1, 0.15) is 30.0 Å². The van der Waals surface area contributed by atoms with E-state index in [4.69, 9.17) is 12.2 Å². The van der Waals surface area contributed by atoms with Crippen molar-refractivity contribution in [3.63, 3.8) is 0 Å². The fourth-order valence-electron chi connectivity index (χ4n) is 2.91. The Balaban J connectivity index is 2.02. The molecular formula is C15H15N3O2S. The molecule has 0 fully saturated rings. The van der Waals surface area contributed by atoms with E-state index in [1.165, 1.54) is 6.07 Å². The first-order chi connectivity index (χ1) is 10.1. The summed E-state index contributed by atoms with van der Waals surface area (Å²) in [6, 6.07) is 6.83. The second-order valence-corrected chi connectivity index (χ2v) is 5.56. The fraction of sp³-hybridized carbons (Fsp3) is 0.267. The van der Waals surface area contributed by atoms with Gasteiger partial charge >= 0.3 is 0 Å². The number of aromatic nitrogens is 2. The van der Waals surface area contributed by atoms with E-state index in [1.54, 1.807) is 12.1 Å². The van der Waals surface area contributed by atoms with Crippen LogP contribution in [0.2, 0.25) is 0 Å². The molecule has 0 bridgehead atoms. The molecule has 0 radical (unpaired) electrons. The van der Waals surface area contributed by atoms with Crippen molar-refractivity contribution in [2.45, 2.75) is 18.8 Å². The molecular weight excluding hydrogens is 286 g/mol. The van der Waals surface area contributed by atoms with Gasteiger partial charge in [-0.05, 0) is 36.2 Å². The monoisotopic (exact) mass is 301 g/mol. The summed E-state index contributed by atoms with van der Waals surface area (Å²) in [5.74, 6) is 0.227. The van der Waals surface area contributed by atoms with Crippen LogP contribution in [0.25, 0.3) is 5.57 Å². The van der Waals surface area contributed by atoms with E-state index in [0.29, 0.717) is 4.77 Å². The lowest BCUT2D eigenvalue weighted by Crippen LogP contribution is -2.04. The smallest absolute Gasteiger partial charge is 0.270 e. The zero-order valence-electron chi connectivity index (χ0n) is 11.6. The third kappa shape index (κ3) is 2.42. The van der Waals surface area contributed by atoms with Crippen LogP contribution in [0, 0.1) is 14.9 Å². The molecule has 0 saturated heterocycles. The van der Waals surface area contributed by atoms with Gasteiger partial charge in [0.1, 0.15) is 0 Å². The summed E-state index contributed by atoms with van der Waals surface area (Å²) < 4.78 is 2.66. The molecule has 6 heteroatoms. The number of rotatable bonds is 3. The van der Waals surface area contributed by atoms with Gasteiger partial charge in [-0.15, -0.1) is 0 Å². The van der Waals surface area contributed by atoms with E-state index in [9.17, 15) is 10.1 Å². The van der Waals surface area contributed by atoms with Crippen molar-refractivity contribution < 1.29 is 4.92 Å². The summed E-state index contributed by atoms with van der Waals surface area (Å²) in [6.07, 6.45) is 6.07. The molecule has 1 N–H and O–H groups in total. The highest BCUT2D eigenvalue weighted by molar-refractivity contribution is 7.71. The Hall–Kier alpha value is -2.21. The Morgan fingerprint density at radius 2 is 2.29 bits per heavy atom. The Bertz CT molecular complexity index is 788. The second-order valence-electron chi connectivity index (χ2n) is 5.17. The van der Waals surface area contributed by atoms with E-state index in [1.807, 2.05) is 23.9 Å². The maximum absolute atomic E-state index is 10.9. The van der Waals surface area contributed by atoms with Crippen LogP contribution in [-0.4, -0.2) is 14.5 Å². The molecule has 1 aliphatic rings. The van der Waals surface area contributed by atoms with Crippen molar-refractivity contribution in [2.24, 2.45) is 7.05 Å². The molecule has 21 heavy (non-hydrogen) atoms. The number of benzene rings is 1. The third-order valence-corrected chi connectivity index (χ3v) is 4.37. The molecule has 1 heterocycles. The van der Waals surface area contributed by atoms with Crippen LogP contribution in [0.4, 0.5) is 5.69 Å². The normalized spacial score (nSPS) is 17.8. The van der Waals surface area contributed by atoms with Crippen molar-refractivity contribution in [1.29, 1.82) is 0 Å². The average molecular weight is 301 g/mol. The zero-order chi connectivity index (χ0) is 15.0. The molecule has 5 nitrogen and oxygen atoms in total. The van der Waals surface area contributed by atoms with Crippen LogP contribution in [0.5, 0.6) is 0 Å². The maximum Gasteiger partial charge on any atom is 0.270 e. The van der Waals surface area contributed by atoms with Gasteiger partial charge in [0.05, 0.1) is 4.92 Å². The Morgan fingerprint density at radius 1 is 1.48 bits per heavy atom. The largest absolute Gasteiger partial charge is 0.337 e. The van der Waals surface area contributed by atoms with Gasteiger partial charge in [-0.1, -0.05) is 18.2 Å². The van der Waals surface area contributed by atoms with Gasteiger partial charge in [-0.25, -0.2) is 0 Å². The Kier molecular flexibility index (Phi) is 3.47. The average Bonchev–Trinajstić information content (AvgIpc) is 3.07. The van der Waals surface area contributed by atoms with Crippen LogP contribution in [0.3, 0.4) is 0 Å². The van der Waals surface area contributed by atoms with Crippen molar-refractivity contribution >= 4 is 23.5 Å². The molecule has 1 aliphatic carbocycles. The standard InChI is InChI=1S/C15H15N3O2S/c1-17-14(9-16-15(17)21)13-7-3-6-12(13)10-4-2-5-11(8-10)18(19)20/h2,4-6,8-9,13H,3,7H2,1H3,(H,16,21). The number of nitro benzene ring substituents is 1. The maximum atomic E-state index is 10.9. The summed E-state index contributed by atoms with van der Waals surface area (Å²) in [6.45, 7) is 0. The van der Waals surface area contributed by atoms with E-state index >= 15 is 0 Å². The first-order valence-corrected chi connectivity index (χ1v) is 7.18. The molecule has 1 atom stereocenters. The van der Waals surface area contributed by atoms with Gasteiger partial charge in [-0.2, -0.15) is 0 Å². The number of hydrogen-bond donors (Lipinski definition) is 1.